The molecule has 2 amide bonds. The van der Waals surface area contributed by atoms with Crippen molar-refractivity contribution in [3.8, 4) is 0 Å². The molecule has 0 fully saturated rings. The van der Waals surface area contributed by atoms with Gasteiger partial charge in [-0.25, -0.2) is 4.98 Å². The van der Waals surface area contributed by atoms with Gasteiger partial charge in [0.15, 0.2) is 0 Å². The summed E-state index contributed by atoms with van der Waals surface area (Å²) in [5.74, 6) is -0.436. The predicted octanol–water partition coefficient (Wildman–Crippen LogP) is 0.417. The Morgan fingerprint density at radius 1 is 1.17 bits per heavy atom. The van der Waals surface area contributed by atoms with E-state index in [0.29, 0.717) is 11.3 Å². The van der Waals surface area contributed by atoms with Crippen LogP contribution >= 0.6 is 0 Å². The Labute approximate surface area is 103 Å². The summed E-state index contributed by atoms with van der Waals surface area (Å²) < 4.78 is 0. The number of anilines is 1. The second-order valence-electron chi connectivity index (χ2n) is 3.44. The van der Waals surface area contributed by atoms with Crippen molar-refractivity contribution >= 4 is 17.5 Å². The third-order valence-electron chi connectivity index (χ3n) is 2.26. The van der Waals surface area contributed by atoms with Crippen LogP contribution in [0, 0.1) is 0 Å². The second kappa shape index (κ2) is 5.09. The van der Waals surface area contributed by atoms with Crippen LogP contribution in [0.1, 0.15) is 21.0 Å². The Morgan fingerprint density at radius 3 is 2.44 bits per heavy atom. The van der Waals surface area contributed by atoms with Crippen molar-refractivity contribution in [3.05, 3.63) is 42.0 Å². The number of aromatic nitrogens is 3. The number of nitrogens with one attached hydrogen (secondary N) is 3. The van der Waals surface area contributed by atoms with Gasteiger partial charge in [-0.2, -0.15) is 5.10 Å². The maximum absolute atomic E-state index is 11.6. The summed E-state index contributed by atoms with van der Waals surface area (Å²) in [6.45, 7) is 0. The summed E-state index contributed by atoms with van der Waals surface area (Å²) in [5, 5.41) is 11.2. The molecule has 7 heteroatoms. The third kappa shape index (κ3) is 2.51. The van der Waals surface area contributed by atoms with E-state index in [9.17, 15) is 9.59 Å². The third-order valence-corrected chi connectivity index (χ3v) is 2.26. The molecule has 0 aliphatic carbocycles. The fourth-order valence-corrected chi connectivity index (χ4v) is 1.35. The first-order chi connectivity index (χ1) is 8.70. The number of aromatic amines is 1. The minimum atomic E-state index is -0.389. The highest BCUT2D eigenvalue weighted by Crippen LogP contribution is 2.10. The van der Waals surface area contributed by atoms with Gasteiger partial charge in [0.2, 0.25) is 5.82 Å². The van der Waals surface area contributed by atoms with E-state index in [1.54, 1.807) is 31.3 Å². The van der Waals surface area contributed by atoms with Crippen molar-refractivity contribution in [1.82, 2.24) is 20.5 Å². The molecular formula is C11H11N5O2. The number of amides is 2. The number of carbonyl (C=O) groups is 2. The van der Waals surface area contributed by atoms with E-state index in [4.69, 9.17) is 0 Å². The van der Waals surface area contributed by atoms with Gasteiger partial charge in [-0.1, -0.05) is 0 Å². The van der Waals surface area contributed by atoms with Crippen LogP contribution in [0.5, 0.6) is 0 Å². The first-order valence-corrected chi connectivity index (χ1v) is 5.19. The lowest BCUT2D eigenvalue weighted by Crippen LogP contribution is -2.18. The van der Waals surface area contributed by atoms with Crippen LogP contribution in [0.3, 0.4) is 0 Å². The van der Waals surface area contributed by atoms with Crippen LogP contribution in [-0.4, -0.2) is 34.0 Å². The number of benzene rings is 1. The van der Waals surface area contributed by atoms with Gasteiger partial charge in [0.05, 0.1) is 0 Å². The molecule has 1 heterocycles. The molecule has 0 atom stereocenters. The van der Waals surface area contributed by atoms with Crippen LogP contribution in [0.25, 0.3) is 0 Å². The van der Waals surface area contributed by atoms with Crippen molar-refractivity contribution in [2.75, 3.05) is 12.4 Å². The van der Waals surface area contributed by atoms with Gasteiger partial charge in [0.25, 0.3) is 11.8 Å². The lowest BCUT2D eigenvalue weighted by Gasteiger charge is -2.04. The Kier molecular flexibility index (Phi) is 3.33. The minimum absolute atomic E-state index is 0.130. The van der Waals surface area contributed by atoms with Crippen LogP contribution in [0.2, 0.25) is 0 Å². The lowest BCUT2D eigenvalue weighted by atomic mass is 10.2. The Bertz CT molecular complexity index is 547. The quantitative estimate of drug-likeness (QED) is 0.729. The Hall–Kier alpha value is -2.70. The van der Waals surface area contributed by atoms with Gasteiger partial charge in [0, 0.05) is 18.3 Å². The predicted molar refractivity (Wildman–Crippen MR) is 64.2 cm³/mol. The summed E-state index contributed by atoms with van der Waals surface area (Å²) >= 11 is 0. The number of nitrogens with zero attached hydrogens (tertiary/aromatic N) is 2. The molecule has 0 unspecified atom stereocenters. The molecule has 0 saturated carbocycles. The molecule has 0 aliphatic rings. The Balaban J connectivity index is 2.07. The molecule has 0 aliphatic heterocycles. The fraction of sp³-hybridized carbons (Fsp3) is 0.0909. The molecule has 0 spiro atoms. The van der Waals surface area contributed by atoms with Crippen molar-refractivity contribution in [3.63, 3.8) is 0 Å². The van der Waals surface area contributed by atoms with E-state index in [1.807, 2.05) is 0 Å². The van der Waals surface area contributed by atoms with Crippen molar-refractivity contribution in [2.24, 2.45) is 0 Å². The van der Waals surface area contributed by atoms with Gasteiger partial charge in [0.1, 0.15) is 6.33 Å². The van der Waals surface area contributed by atoms with Crippen molar-refractivity contribution in [2.45, 2.75) is 0 Å². The van der Waals surface area contributed by atoms with Crippen LogP contribution < -0.4 is 10.6 Å². The first-order valence-electron chi connectivity index (χ1n) is 5.19. The summed E-state index contributed by atoms with van der Waals surface area (Å²) in [6, 6.07) is 6.52. The number of carbonyl (C=O) groups excluding carboxylic acids is 2. The minimum Gasteiger partial charge on any atom is -0.355 e. The van der Waals surface area contributed by atoms with E-state index in [2.05, 4.69) is 25.8 Å². The zero-order valence-electron chi connectivity index (χ0n) is 9.60. The van der Waals surface area contributed by atoms with E-state index in [-0.39, 0.29) is 17.6 Å². The zero-order chi connectivity index (χ0) is 13.0. The fourth-order valence-electron chi connectivity index (χ4n) is 1.35. The topological polar surface area (TPSA) is 99.8 Å². The molecule has 2 rings (SSSR count). The highest BCUT2D eigenvalue weighted by molar-refractivity contribution is 6.01. The molecule has 92 valence electrons. The average Bonchev–Trinajstić information content (AvgIpc) is 2.92. The largest absolute Gasteiger partial charge is 0.355 e. The van der Waals surface area contributed by atoms with Crippen LogP contribution in [0.15, 0.2) is 30.6 Å². The zero-order valence-corrected chi connectivity index (χ0v) is 9.60. The molecule has 7 nitrogen and oxygen atoms in total. The average molecular weight is 245 g/mol. The van der Waals surface area contributed by atoms with E-state index < -0.39 is 0 Å². The summed E-state index contributed by atoms with van der Waals surface area (Å²) in [5.41, 5.74) is 1.10. The second-order valence-corrected chi connectivity index (χ2v) is 3.44. The Morgan fingerprint density at radius 2 is 1.89 bits per heavy atom. The van der Waals surface area contributed by atoms with Gasteiger partial charge >= 0.3 is 0 Å². The van der Waals surface area contributed by atoms with Crippen molar-refractivity contribution in [1.29, 1.82) is 0 Å². The maximum Gasteiger partial charge on any atom is 0.292 e. The smallest absolute Gasteiger partial charge is 0.292 e. The molecule has 3 N–H and O–H groups in total. The van der Waals surface area contributed by atoms with Crippen LogP contribution in [0.4, 0.5) is 5.69 Å². The van der Waals surface area contributed by atoms with E-state index in [0.717, 1.165) is 0 Å². The summed E-state index contributed by atoms with van der Waals surface area (Å²) in [6.07, 6.45) is 1.25. The lowest BCUT2D eigenvalue weighted by molar-refractivity contribution is 0.0962. The SMILES string of the molecule is CNC(=O)c1ccc(NC(=O)c2ncn[nH]2)cc1. The molecule has 0 saturated heterocycles. The highest BCUT2D eigenvalue weighted by atomic mass is 16.2. The molecule has 18 heavy (non-hydrogen) atoms. The van der Waals surface area contributed by atoms with E-state index >= 15 is 0 Å². The summed E-state index contributed by atoms with van der Waals surface area (Å²) in [4.78, 5) is 26.7. The monoisotopic (exact) mass is 245 g/mol. The normalized spacial score (nSPS) is 9.83. The van der Waals surface area contributed by atoms with Gasteiger partial charge in [-0.05, 0) is 24.3 Å². The highest BCUT2D eigenvalue weighted by Gasteiger charge is 2.09. The number of hydrogen-bond acceptors (Lipinski definition) is 4. The molecule has 1 aromatic heterocycles. The van der Waals surface area contributed by atoms with Crippen LogP contribution in [-0.2, 0) is 0 Å². The number of H-pyrrole nitrogens is 1. The molecule has 2 aromatic rings. The number of hydrogen-bond donors (Lipinski definition) is 3. The van der Waals surface area contributed by atoms with Gasteiger partial charge < -0.3 is 10.6 Å². The molecular weight excluding hydrogens is 234 g/mol. The molecule has 0 radical (unpaired) electrons. The van der Waals surface area contributed by atoms with Crippen molar-refractivity contribution < 1.29 is 9.59 Å². The number of rotatable bonds is 3. The van der Waals surface area contributed by atoms with E-state index in [1.165, 1.54) is 6.33 Å². The summed E-state index contributed by atoms with van der Waals surface area (Å²) in [7, 11) is 1.56. The first kappa shape index (κ1) is 11.8. The van der Waals surface area contributed by atoms with Gasteiger partial charge in [-0.15, -0.1) is 0 Å². The standard InChI is InChI=1S/C11H11N5O2/c1-12-10(17)7-2-4-8(5-3-7)15-11(18)9-13-6-14-16-9/h2-6H,1H3,(H,12,17)(H,15,18)(H,13,14,16). The molecule has 1 aromatic carbocycles. The molecule has 0 bridgehead atoms. The van der Waals surface area contributed by atoms with Gasteiger partial charge in [-0.3, -0.25) is 14.7 Å². The maximum atomic E-state index is 11.6.